The molecule has 0 rings (SSSR count). The highest BCUT2D eigenvalue weighted by molar-refractivity contribution is 5.82. The Morgan fingerprint density at radius 2 is 2.40 bits per heavy atom. The number of hydrogen-bond donors (Lipinski definition) is 1. The van der Waals surface area contributed by atoms with E-state index < -0.39 is 5.97 Å². The molecule has 0 radical (unpaired) electrons. The van der Waals surface area contributed by atoms with Crippen LogP contribution in [0.1, 0.15) is 6.92 Å². The van der Waals surface area contributed by atoms with Crippen LogP contribution in [-0.4, -0.2) is 17.7 Å². The molecule has 0 aliphatic heterocycles. The minimum Gasteiger partial charge on any atom is -0.512 e. The molecule has 0 heterocycles. The molecule has 0 aromatic heterocycles. The molecule has 0 unspecified atom stereocenters. The maximum Gasteiger partial charge on any atom is 0.334 e. The predicted molar refractivity (Wildman–Crippen MR) is 37.5 cm³/mol. The van der Waals surface area contributed by atoms with Crippen LogP contribution in [-0.2, 0) is 9.53 Å². The summed E-state index contributed by atoms with van der Waals surface area (Å²) in [6.07, 6.45) is 2.46. The first-order valence-corrected chi connectivity index (χ1v) is 2.81. The number of esters is 1. The minimum absolute atomic E-state index is 0.0611. The number of carbonyl (C=O) groups is 1. The van der Waals surface area contributed by atoms with Gasteiger partial charge >= 0.3 is 5.97 Å². The molecule has 0 aromatic carbocycles. The third-order valence-corrected chi connectivity index (χ3v) is 0.670. The molecular weight excluding hydrogens is 132 g/mol. The highest BCUT2D eigenvalue weighted by Crippen LogP contribution is 1.87. The first-order valence-electron chi connectivity index (χ1n) is 2.81. The summed E-state index contributed by atoms with van der Waals surface area (Å²) in [5.41, 5.74) is 0. The zero-order valence-electron chi connectivity index (χ0n) is 5.83. The van der Waals surface area contributed by atoms with Gasteiger partial charge in [-0.15, -0.1) is 0 Å². The van der Waals surface area contributed by atoms with Gasteiger partial charge in [-0.2, -0.15) is 0 Å². The van der Waals surface area contributed by atoms with Gasteiger partial charge in [0.15, 0.2) is 0 Å². The van der Waals surface area contributed by atoms with E-state index in [0.717, 1.165) is 6.08 Å². The molecule has 0 saturated carbocycles. The van der Waals surface area contributed by atoms with E-state index in [-0.39, 0.29) is 12.4 Å². The summed E-state index contributed by atoms with van der Waals surface area (Å²) in [5.74, 6) is -0.617. The van der Waals surface area contributed by atoms with Crippen LogP contribution < -0.4 is 0 Å². The van der Waals surface area contributed by atoms with E-state index in [1.807, 2.05) is 0 Å². The number of aliphatic hydroxyl groups is 1. The van der Waals surface area contributed by atoms with Crippen molar-refractivity contribution < 1.29 is 14.6 Å². The Hall–Kier alpha value is -1.25. The molecule has 0 aliphatic rings. The number of allylic oxidation sites excluding steroid dienone is 1. The first-order chi connectivity index (χ1) is 4.66. The van der Waals surface area contributed by atoms with E-state index in [1.165, 1.54) is 13.0 Å². The SMILES string of the molecule is C=CCOC(=O)/C=C(/C)O. The number of carbonyl (C=O) groups excluding carboxylic acids is 1. The van der Waals surface area contributed by atoms with Crippen LogP contribution in [0.2, 0.25) is 0 Å². The Morgan fingerprint density at radius 1 is 1.80 bits per heavy atom. The molecular formula is C7H10O3. The summed E-state index contributed by atoms with van der Waals surface area (Å²) in [6, 6.07) is 0. The number of hydrogen-bond acceptors (Lipinski definition) is 3. The van der Waals surface area contributed by atoms with Crippen molar-refractivity contribution >= 4 is 5.97 Å². The second-order valence-corrected chi connectivity index (χ2v) is 1.70. The zero-order chi connectivity index (χ0) is 7.98. The molecule has 0 spiro atoms. The smallest absolute Gasteiger partial charge is 0.334 e. The van der Waals surface area contributed by atoms with Gasteiger partial charge in [-0.3, -0.25) is 0 Å². The van der Waals surface area contributed by atoms with Crippen LogP contribution in [0.4, 0.5) is 0 Å². The molecule has 3 heteroatoms. The molecule has 0 aromatic rings. The number of aliphatic hydroxyl groups excluding tert-OH is 1. The van der Waals surface area contributed by atoms with Gasteiger partial charge < -0.3 is 9.84 Å². The van der Waals surface area contributed by atoms with E-state index >= 15 is 0 Å². The molecule has 56 valence electrons. The fraction of sp³-hybridized carbons (Fsp3) is 0.286. The van der Waals surface area contributed by atoms with E-state index in [2.05, 4.69) is 11.3 Å². The summed E-state index contributed by atoms with van der Waals surface area (Å²) in [5, 5.41) is 8.56. The van der Waals surface area contributed by atoms with Crippen molar-refractivity contribution in [3.63, 3.8) is 0 Å². The fourth-order valence-corrected chi connectivity index (χ4v) is 0.353. The zero-order valence-corrected chi connectivity index (χ0v) is 5.83. The number of rotatable bonds is 3. The van der Waals surface area contributed by atoms with Gasteiger partial charge in [-0.1, -0.05) is 12.7 Å². The van der Waals surface area contributed by atoms with Gasteiger partial charge in [0, 0.05) is 0 Å². The Bertz CT molecular complexity index is 154. The van der Waals surface area contributed by atoms with E-state index in [0.29, 0.717) is 0 Å². The molecule has 10 heavy (non-hydrogen) atoms. The van der Waals surface area contributed by atoms with Crippen LogP contribution >= 0.6 is 0 Å². The van der Waals surface area contributed by atoms with Crippen molar-refractivity contribution in [3.05, 3.63) is 24.5 Å². The monoisotopic (exact) mass is 142 g/mol. The lowest BCUT2D eigenvalue weighted by atomic mass is 10.5. The molecule has 0 bridgehead atoms. The molecule has 0 amide bonds. The summed E-state index contributed by atoms with van der Waals surface area (Å²) in [7, 11) is 0. The average Bonchev–Trinajstić information content (AvgIpc) is 1.82. The second kappa shape index (κ2) is 4.61. The van der Waals surface area contributed by atoms with Gasteiger partial charge in [0.1, 0.15) is 6.61 Å². The van der Waals surface area contributed by atoms with Crippen LogP contribution in [0.25, 0.3) is 0 Å². The maximum atomic E-state index is 10.5. The largest absolute Gasteiger partial charge is 0.512 e. The van der Waals surface area contributed by atoms with Crippen molar-refractivity contribution in [1.29, 1.82) is 0 Å². The highest BCUT2D eigenvalue weighted by Gasteiger charge is 1.94. The Kier molecular flexibility index (Phi) is 4.04. The Balaban J connectivity index is 3.64. The van der Waals surface area contributed by atoms with Crippen LogP contribution in [0, 0.1) is 0 Å². The van der Waals surface area contributed by atoms with Crippen molar-refractivity contribution in [2.24, 2.45) is 0 Å². The second-order valence-electron chi connectivity index (χ2n) is 1.70. The van der Waals surface area contributed by atoms with Crippen molar-refractivity contribution in [3.8, 4) is 0 Å². The third kappa shape index (κ3) is 4.90. The van der Waals surface area contributed by atoms with Crippen LogP contribution in [0.15, 0.2) is 24.5 Å². The summed E-state index contributed by atoms with van der Waals surface area (Å²) in [4.78, 5) is 10.5. The molecule has 0 fully saturated rings. The average molecular weight is 142 g/mol. The summed E-state index contributed by atoms with van der Waals surface area (Å²) < 4.78 is 4.51. The van der Waals surface area contributed by atoms with Crippen molar-refractivity contribution in [1.82, 2.24) is 0 Å². The molecule has 1 N–H and O–H groups in total. The standard InChI is InChI=1S/C7H10O3/c1-3-4-10-7(9)5-6(2)8/h3,5,8H,1,4H2,2H3/b6-5-. The van der Waals surface area contributed by atoms with Gasteiger partial charge in [0.2, 0.25) is 0 Å². The first kappa shape index (κ1) is 8.75. The lowest BCUT2D eigenvalue weighted by Gasteiger charge is -1.94. The minimum atomic E-state index is -0.556. The molecule has 0 aliphatic carbocycles. The van der Waals surface area contributed by atoms with Gasteiger partial charge in [0.05, 0.1) is 11.8 Å². The van der Waals surface area contributed by atoms with E-state index in [4.69, 9.17) is 5.11 Å². The van der Waals surface area contributed by atoms with Crippen molar-refractivity contribution in [2.75, 3.05) is 6.61 Å². The fourth-order valence-electron chi connectivity index (χ4n) is 0.353. The molecule has 0 atom stereocenters. The lowest BCUT2D eigenvalue weighted by molar-refractivity contribution is -0.136. The third-order valence-electron chi connectivity index (χ3n) is 0.670. The highest BCUT2D eigenvalue weighted by atomic mass is 16.5. The van der Waals surface area contributed by atoms with Gasteiger partial charge in [-0.05, 0) is 6.92 Å². The van der Waals surface area contributed by atoms with Crippen molar-refractivity contribution in [2.45, 2.75) is 6.92 Å². The van der Waals surface area contributed by atoms with E-state index in [9.17, 15) is 4.79 Å². The van der Waals surface area contributed by atoms with E-state index in [1.54, 1.807) is 0 Å². The maximum absolute atomic E-state index is 10.5. The Morgan fingerprint density at radius 3 is 2.80 bits per heavy atom. The topological polar surface area (TPSA) is 46.5 Å². The molecule has 3 nitrogen and oxygen atoms in total. The Labute approximate surface area is 59.6 Å². The lowest BCUT2D eigenvalue weighted by Crippen LogP contribution is -2.00. The van der Waals surface area contributed by atoms with Gasteiger partial charge in [-0.25, -0.2) is 4.79 Å². The van der Waals surface area contributed by atoms with Crippen LogP contribution in [0.3, 0.4) is 0 Å². The van der Waals surface area contributed by atoms with Gasteiger partial charge in [0.25, 0.3) is 0 Å². The van der Waals surface area contributed by atoms with Crippen LogP contribution in [0.5, 0.6) is 0 Å². The predicted octanol–water partition coefficient (Wildman–Crippen LogP) is 1.18. The number of ether oxygens (including phenoxy) is 1. The summed E-state index contributed by atoms with van der Waals surface area (Å²) >= 11 is 0. The summed E-state index contributed by atoms with van der Waals surface area (Å²) in [6.45, 7) is 4.92. The quantitative estimate of drug-likeness (QED) is 0.278. The normalized spacial score (nSPS) is 10.7. The molecule has 0 saturated heterocycles.